The number of thioether (sulfide) groups is 1. The van der Waals surface area contributed by atoms with E-state index < -0.39 is 17.1 Å². The van der Waals surface area contributed by atoms with Crippen LogP contribution >= 0.6 is 11.8 Å². The molecule has 0 radical (unpaired) electrons. The molecule has 2 saturated heterocycles. The minimum atomic E-state index is -0.471. The van der Waals surface area contributed by atoms with Crippen molar-refractivity contribution in [1.29, 1.82) is 0 Å². The van der Waals surface area contributed by atoms with Gasteiger partial charge in [-0.3, -0.25) is 19.3 Å². The van der Waals surface area contributed by atoms with E-state index in [1.54, 1.807) is 6.08 Å². The minimum absolute atomic E-state index is 0.289. The van der Waals surface area contributed by atoms with Crippen molar-refractivity contribution < 1.29 is 23.9 Å². The number of morpholine rings is 1. The minimum Gasteiger partial charge on any atom is -0.494 e. The van der Waals surface area contributed by atoms with E-state index in [1.807, 2.05) is 48.5 Å². The third-order valence-corrected chi connectivity index (χ3v) is 6.55. The Hall–Kier alpha value is -3.30. The molecular weight excluding hydrogens is 466 g/mol. The number of anilines is 2. The highest BCUT2D eigenvalue weighted by Gasteiger charge is 2.36. The molecule has 2 aliphatic heterocycles. The maximum atomic E-state index is 12.8. The largest absolute Gasteiger partial charge is 0.494 e. The van der Waals surface area contributed by atoms with Gasteiger partial charge in [-0.15, -0.1) is 0 Å². The molecule has 9 heteroatoms. The monoisotopic (exact) mass is 495 g/mol. The number of imide groups is 1. The third kappa shape index (κ3) is 6.64. The van der Waals surface area contributed by atoms with Crippen LogP contribution in [-0.4, -0.2) is 61.4 Å². The number of unbranched alkanes of at least 4 members (excludes halogenated alkanes) is 1. The molecule has 4 rings (SSSR count). The quantitative estimate of drug-likeness (QED) is 0.408. The topological polar surface area (TPSA) is 88.2 Å². The molecule has 0 atom stereocenters. The van der Waals surface area contributed by atoms with Crippen LogP contribution in [0.1, 0.15) is 25.3 Å². The number of nitrogens with one attached hydrogen (secondary N) is 1. The van der Waals surface area contributed by atoms with Crippen LogP contribution in [0.25, 0.3) is 6.08 Å². The summed E-state index contributed by atoms with van der Waals surface area (Å²) in [5, 5.41) is 2.30. The highest BCUT2D eigenvalue weighted by Crippen LogP contribution is 2.32. The lowest BCUT2D eigenvalue weighted by molar-refractivity contribution is -0.127. The van der Waals surface area contributed by atoms with Gasteiger partial charge >= 0.3 is 0 Å². The lowest BCUT2D eigenvalue weighted by atomic mass is 10.2. The van der Waals surface area contributed by atoms with Gasteiger partial charge in [0.1, 0.15) is 12.3 Å². The van der Waals surface area contributed by atoms with Crippen LogP contribution in [0.4, 0.5) is 16.2 Å². The number of carbonyl (C=O) groups excluding carboxylic acids is 3. The summed E-state index contributed by atoms with van der Waals surface area (Å²) in [7, 11) is 0. The molecule has 8 nitrogen and oxygen atoms in total. The van der Waals surface area contributed by atoms with Crippen molar-refractivity contribution >= 4 is 46.3 Å². The van der Waals surface area contributed by atoms with Crippen molar-refractivity contribution in [2.45, 2.75) is 19.8 Å². The van der Waals surface area contributed by atoms with Crippen LogP contribution in [0.3, 0.4) is 0 Å². The van der Waals surface area contributed by atoms with E-state index in [0.717, 1.165) is 59.6 Å². The van der Waals surface area contributed by atoms with E-state index in [2.05, 4.69) is 17.1 Å². The predicted octanol–water partition coefficient (Wildman–Crippen LogP) is 4.38. The highest BCUT2D eigenvalue weighted by molar-refractivity contribution is 8.18. The number of amides is 3. The zero-order valence-electron chi connectivity index (χ0n) is 19.7. The summed E-state index contributed by atoms with van der Waals surface area (Å²) >= 11 is 0.835. The lowest BCUT2D eigenvalue weighted by Gasteiger charge is -2.28. The van der Waals surface area contributed by atoms with Gasteiger partial charge in [0.05, 0.1) is 24.7 Å². The summed E-state index contributed by atoms with van der Waals surface area (Å²) < 4.78 is 11.0. The number of rotatable bonds is 9. The smallest absolute Gasteiger partial charge is 0.294 e. The van der Waals surface area contributed by atoms with E-state index in [9.17, 15) is 14.4 Å². The van der Waals surface area contributed by atoms with Crippen LogP contribution in [0.15, 0.2) is 53.4 Å². The van der Waals surface area contributed by atoms with Crippen molar-refractivity contribution in [3.05, 3.63) is 59.0 Å². The molecule has 3 amide bonds. The number of hydrogen-bond acceptors (Lipinski definition) is 7. The Morgan fingerprint density at radius 2 is 1.80 bits per heavy atom. The molecule has 2 aromatic carbocycles. The Morgan fingerprint density at radius 3 is 2.49 bits per heavy atom. The van der Waals surface area contributed by atoms with Crippen molar-refractivity contribution in [3.63, 3.8) is 0 Å². The van der Waals surface area contributed by atoms with Gasteiger partial charge in [-0.2, -0.15) is 0 Å². The van der Waals surface area contributed by atoms with E-state index in [0.29, 0.717) is 25.5 Å². The predicted molar refractivity (Wildman–Crippen MR) is 138 cm³/mol. The van der Waals surface area contributed by atoms with Gasteiger partial charge in [-0.05, 0) is 66.2 Å². The zero-order valence-corrected chi connectivity index (χ0v) is 20.5. The molecule has 0 bridgehead atoms. The molecule has 1 N–H and O–H groups in total. The van der Waals surface area contributed by atoms with Gasteiger partial charge in [0.2, 0.25) is 5.91 Å². The van der Waals surface area contributed by atoms with Crippen molar-refractivity contribution in [2.75, 3.05) is 49.7 Å². The van der Waals surface area contributed by atoms with Gasteiger partial charge in [0.25, 0.3) is 11.1 Å². The Labute approximate surface area is 209 Å². The fourth-order valence-electron chi connectivity index (χ4n) is 3.70. The second-order valence-electron chi connectivity index (χ2n) is 8.23. The van der Waals surface area contributed by atoms with Gasteiger partial charge in [-0.1, -0.05) is 25.5 Å². The number of carbonyl (C=O) groups is 3. The Bertz CT molecular complexity index is 1080. The molecule has 0 unspecified atom stereocenters. The average molecular weight is 496 g/mol. The first-order chi connectivity index (χ1) is 17.0. The molecule has 184 valence electrons. The molecule has 2 heterocycles. The molecule has 35 heavy (non-hydrogen) atoms. The van der Waals surface area contributed by atoms with Gasteiger partial charge in [0.15, 0.2) is 0 Å². The highest BCUT2D eigenvalue weighted by atomic mass is 32.2. The molecule has 2 aromatic rings. The van der Waals surface area contributed by atoms with E-state index in [1.165, 1.54) is 0 Å². The summed E-state index contributed by atoms with van der Waals surface area (Å²) in [5.74, 6) is -0.138. The Balaban J connectivity index is 1.32. The number of nitrogens with zero attached hydrogens (tertiary/aromatic N) is 2. The maximum Gasteiger partial charge on any atom is 0.294 e. The summed E-state index contributed by atoms with van der Waals surface area (Å²) in [6, 6.07) is 14.8. The standard InChI is InChI=1S/C26H29N3O5S/c1-2-3-14-34-22-10-4-19(5-11-22)17-23-25(31)29(26(32)35-23)18-24(30)27-20-6-8-21(9-7-20)28-12-15-33-16-13-28/h4-11,17H,2-3,12-16,18H2,1H3,(H,27,30)/b23-17-. The van der Waals surface area contributed by atoms with Crippen molar-refractivity contribution in [3.8, 4) is 5.75 Å². The fourth-order valence-corrected chi connectivity index (χ4v) is 4.54. The summed E-state index contributed by atoms with van der Waals surface area (Å²) in [6.07, 6.45) is 3.71. The molecule has 2 aliphatic rings. The number of hydrogen-bond donors (Lipinski definition) is 1. The average Bonchev–Trinajstić information content (AvgIpc) is 3.13. The second kappa shape index (κ2) is 11.9. The molecule has 0 spiro atoms. The molecule has 2 fully saturated rings. The number of ether oxygens (including phenoxy) is 2. The SMILES string of the molecule is CCCCOc1ccc(/C=C2\SC(=O)N(CC(=O)Nc3ccc(N4CCOCC4)cc3)C2=O)cc1. The van der Waals surface area contributed by atoms with E-state index in [-0.39, 0.29) is 11.4 Å². The van der Waals surface area contributed by atoms with Crippen molar-refractivity contribution in [1.82, 2.24) is 4.90 Å². The van der Waals surface area contributed by atoms with Crippen LogP contribution in [0.2, 0.25) is 0 Å². The van der Waals surface area contributed by atoms with E-state index in [4.69, 9.17) is 9.47 Å². The van der Waals surface area contributed by atoms with Crippen molar-refractivity contribution in [2.24, 2.45) is 0 Å². The maximum absolute atomic E-state index is 12.8. The zero-order chi connectivity index (χ0) is 24.6. The molecule has 0 aromatic heterocycles. The summed E-state index contributed by atoms with van der Waals surface area (Å²) in [4.78, 5) is 41.2. The first-order valence-corrected chi connectivity index (χ1v) is 12.6. The lowest BCUT2D eigenvalue weighted by Crippen LogP contribution is -2.36. The van der Waals surface area contributed by atoms with Crippen LogP contribution in [0.5, 0.6) is 5.75 Å². The molecule has 0 saturated carbocycles. The Morgan fingerprint density at radius 1 is 1.09 bits per heavy atom. The van der Waals surface area contributed by atoms with E-state index >= 15 is 0 Å². The normalized spacial score (nSPS) is 17.2. The molecule has 0 aliphatic carbocycles. The first-order valence-electron chi connectivity index (χ1n) is 11.7. The van der Waals surface area contributed by atoms with Crippen LogP contribution < -0.4 is 15.0 Å². The van der Waals surface area contributed by atoms with Gasteiger partial charge < -0.3 is 19.7 Å². The summed E-state index contributed by atoms with van der Waals surface area (Å²) in [5.41, 5.74) is 2.45. The van der Waals surface area contributed by atoms with Crippen LogP contribution in [0, 0.1) is 0 Å². The van der Waals surface area contributed by atoms with Gasteiger partial charge in [-0.25, -0.2) is 0 Å². The molecular formula is C26H29N3O5S. The number of benzene rings is 2. The first kappa shape index (κ1) is 24.8. The van der Waals surface area contributed by atoms with Gasteiger partial charge in [0, 0.05) is 24.5 Å². The third-order valence-electron chi connectivity index (χ3n) is 5.65. The summed E-state index contributed by atoms with van der Waals surface area (Å²) in [6.45, 7) is 5.48. The Kier molecular flexibility index (Phi) is 8.44. The fraction of sp³-hybridized carbons (Fsp3) is 0.346. The van der Waals surface area contributed by atoms with Crippen LogP contribution in [-0.2, 0) is 14.3 Å². The second-order valence-corrected chi connectivity index (χ2v) is 9.23.